The smallest absolute Gasteiger partial charge is 0.305 e. The highest BCUT2D eigenvalue weighted by Gasteiger charge is 2.28. The molecular weight excluding hydrogens is 247 g/mol. The molecule has 3 nitrogen and oxygen atoms in total. The summed E-state index contributed by atoms with van der Waals surface area (Å²) < 4.78 is 23.0. The summed E-state index contributed by atoms with van der Waals surface area (Å²) in [5.74, 6) is 0. The summed E-state index contributed by atoms with van der Waals surface area (Å²) in [6.45, 7) is 11.7. The van der Waals surface area contributed by atoms with E-state index in [1.54, 1.807) is 19.9 Å². The molecule has 0 aliphatic carbocycles. The molecule has 0 radical (unpaired) electrons. The minimum atomic E-state index is -3.28. The second-order valence-electron chi connectivity index (χ2n) is 3.61. The van der Waals surface area contributed by atoms with Crippen LogP contribution in [0.4, 0.5) is 0 Å². The maximum absolute atomic E-state index is 12.5. The van der Waals surface area contributed by atoms with E-state index < -0.39 is 7.60 Å². The Morgan fingerprint density at radius 1 is 1.22 bits per heavy atom. The van der Waals surface area contributed by atoms with Crippen LogP contribution in [0.3, 0.4) is 0 Å². The molecule has 18 heavy (non-hydrogen) atoms. The van der Waals surface area contributed by atoms with Crippen molar-refractivity contribution < 1.29 is 13.6 Å². The van der Waals surface area contributed by atoms with E-state index in [1.165, 1.54) is 0 Å². The van der Waals surface area contributed by atoms with Gasteiger partial charge in [-0.15, -0.1) is 0 Å². The van der Waals surface area contributed by atoms with Gasteiger partial charge in [0.2, 0.25) is 0 Å². The first-order valence-electron chi connectivity index (χ1n) is 5.88. The first-order chi connectivity index (χ1) is 8.57. The molecule has 0 spiro atoms. The van der Waals surface area contributed by atoms with Gasteiger partial charge in [-0.2, -0.15) is 0 Å². The average Bonchev–Trinajstić information content (AvgIpc) is 2.38. The highest BCUT2D eigenvalue weighted by Crippen LogP contribution is 2.59. The van der Waals surface area contributed by atoms with Crippen LogP contribution >= 0.6 is 7.60 Å². The van der Waals surface area contributed by atoms with Crippen LogP contribution in [-0.4, -0.2) is 13.2 Å². The third-order valence-electron chi connectivity index (χ3n) is 2.41. The van der Waals surface area contributed by atoms with Crippen molar-refractivity contribution in [3.63, 3.8) is 0 Å². The van der Waals surface area contributed by atoms with Gasteiger partial charge >= 0.3 is 7.60 Å². The summed E-state index contributed by atoms with van der Waals surface area (Å²) in [5.41, 5.74) is 1.75. The van der Waals surface area contributed by atoms with Crippen LogP contribution in [0.5, 0.6) is 0 Å². The maximum atomic E-state index is 12.5. The van der Waals surface area contributed by atoms with Crippen molar-refractivity contribution in [2.24, 2.45) is 0 Å². The van der Waals surface area contributed by atoms with Crippen LogP contribution < -0.4 is 0 Å². The van der Waals surface area contributed by atoms with Crippen molar-refractivity contribution in [1.82, 2.24) is 0 Å². The fourth-order valence-corrected chi connectivity index (χ4v) is 3.03. The molecule has 98 valence electrons. The Kier molecular flexibility index (Phi) is 5.54. The summed E-state index contributed by atoms with van der Waals surface area (Å²) >= 11 is 0. The average molecular weight is 266 g/mol. The van der Waals surface area contributed by atoms with Gasteiger partial charge in [0.1, 0.15) is 0 Å². The molecule has 1 rings (SSSR count). The predicted molar refractivity (Wildman–Crippen MR) is 76.4 cm³/mol. The van der Waals surface area contributed by atoms with E-state index >= 15 is 0 Å². The zero-order valence-electron chi connectivity index (χ0n) is 10.9. The van der Waals surface area contributed by atoms with E-state index in [9.17, 15) is 4.57 Å². The maximum Gasteiger partial charge on any atom is 0.361 e. The second-order valence-corrected chi connectivity index (χ2v) is 5.66. The molecule has 0 bridgehead atoms. The molecule has 0 amide bonds. The van der Waals surface area contributed by atoms with Crippen molar-refractivity contribution in [2.45, 2.75) is 13.8 Å². The lowest BCUT2D eigenvalue weighted by Gasteiger charge is -2.19. The van der Waals surface area contributed by atoms with Gasteiger partial charge in [0.15, 0.2) is 0 Å². The van der Waals surface area contributed by atoms with Gasteiger partial charge in [0, 0.05) is 0 Å². The van der Waals surface area contributed by atoms with Gasteiger partial charge in [-0.1, -0.05) is 43.5 Å². The molecule has 0 aromatic heterocycles. The molecule has 1 aromatic rings. The van der Waals surface area contributed by atoms with Crippen LogP contribution in [0.25, 0.3) is 11.4 Å². The van der Waals surface area contributed by atoms with Gasteiger partial charge in [0.25, 0.3) is 0 Å². The fourth-order valence-electron chi connectivity index (χ4n) is 1.50. The molecule has 0 heterocycles. The first kappa shape index (κ1) is 14.9. The van der Waals surface area contributed by atoms with E-state index in [2.05, 4.69) is 13.2 Å². The standard InChI is InChI=1S/C14H19O3P/c1-5-13-8-10-14(11-9-13)12(4)18(15,16-6-2)17-7-3/h5,8-11H,1,4,6-7H2,2-3H3. The van der Waals surface area contributed by atoms with E-state index in [0.717, 1.165) is 11.1 Å². The monoisotopic (exact) mass is 266 g/mol. The minimum absolute atomic E-state index is 0.320. The Labute approximate surface area is 109 Å². The normalized spacial score (nSPS) is 11.2. The summed E-state index contributed by atoms with van der Waals surface area (Å²) in [6.07, 6.45) is 1.75. The predicted octanol–water partition coefficient (Wildman–Crippen LogP) is 4.57. The molecule has 0 aliphatic rings. The number of hydrogen-bond donors (Lipinski definition) is 0. The van der Waals surface area contributed by atoms with Gasteiger partial charge in [-0.3, -0.25) is 4.57 Å². The van der Waals surface area contributed by atoms with Crippen molar-refractivity contribution in [3.05, 3.63) is 48.6 Å². The van der Waals surface area contributed by atoms with Crippen molar-refractivity contribution in [1.29, 1.82) is 0 Å². The molecule has 0 saturated heterocycles. The van der Waals surface area contributed by atoms with Gasteiger partial charge < -0.3 is 9.05 Å². The zero-order chi connectivity index (χ0) is 13.6. The molecular formula is C14H19O3P. The Morgan fingerprint density at radius 2 is 1.72 bits per heavy atom. The van der Waals surface area contributed by atoms with Gasteiger partial charge in [0.05, 0.1) is 18.5 Å². The number of hydrogen-bond acceptors (Lipinski definition) is 3. The Hall–Kier alpha value is -1.15. The topological polar surface area (TPSA) is 35.5 Å². The third-order valence-corrected chi connectivity index (χ3v) is 4.52. The lowest BCUT2D eigenvalue weighted by molar-refractivity contribution is 0.230. The van der Waals surface area contributed by atoms with Gasteiger partial charge in [-0.25, -0.2) is 0 Å². The van der Waals surface area contributed by atoms with Crippen LogP contribution in [0.15, 0.2) is 37.4 Å². The van der Waals surface area contributed by atoms with E-state index in [0.29, 0.717) is 18.5 Å². The molecule has 0 saturated carbocycles. The number of benzene rings is 1. The lowest BCUT2D eigenvalue weighted by Crippen LogP contribution is -1.97. The summed E-state index contributed by atoms with van der Waals surface area (Å²) in [5, 5.41) is 0.391. The SMILES string of the molecule is C=Cc1ccc(C(=C)P(=O)(OCC)OCC)cc1. The largest absolute Gasteiger partial charge is 0.361 e. The van der Waals surface area contributed by atoms with Crippen LogP contribution in [0.1, 0.15) is 25.0 Å². The summed E-state index contributed by atoms with van der Waals surface area (Å²) in [6, 6.07) is 7.44. The molecule has 0 unspecified atom stereocenters. The van der Waals surface area contributed by atoms with Crippen molar-refractivity contribution >= 4 is 19.0 Å². The Balaban J connectivity index is 3.01. The highest BCUT2D eigenvalue weighted by atomic mass is 31.2. The third kappa shape index (κ3) is 3.42. The molecule has 0 N–H and O–H groups in total. The first-order valence-corrected chi connectivity index (χ1v) is 7.43. The van der Waals surface area contributed by atoms with E-state index in [4.69, 9.17) is 9.05 Å². The summed E-state index contributed by atoms with van der Waals surface area (Å²) in [7, 11) is -3.28. The van der Waals surface area contributed by atoms with E-state index in [-0.39, 0.29) is 0 Å². The van der Waals surface area contributed by atoms with Crippen LogP contribution in [0, 0.1) is 0 Å². The second kappa shape index (κ2) is 6.69. The van der Waals surface area contributed by atoms with Gasteiger partial charge in [-0.05, 0) is 25.0 Å². The highest BCUT2D eigenvalue weighted by molar-refractivity contribution is 7.65. The molecule has 1 aromatic carbocycles. The Bertz CT molecular complexity index is 452. The van der Waals surface area contributed by atoms with Crippen LogP contribution in [0.2, 0.25) is 0 Å². The molecule has 0 fully saturated rings. The zero-order valence-corrected chi connectivity index (χ0v) is 11.8. The molecule has 4 heteroatoms. The Morgan fingerprint density at radius 3 is 2.11 bits per heavy atom. The molecule has 0 atom stereocenters. The number of rotatable bonds is 7. The fraction of sp³-hybridized carbons (Fsp3) is 0.286. The molecule has 0 aliphatic heterocycles. The van der Waals surface area contributed by atoms with Crippen LogP contribution in [-0.2, 0) is 13.6 Å². The summed E-state index contributed by atoms with van der Waals surface area (Å²) in [4.78, 5) is 0. The van der Waals surface area contributed by atoms with Crippen molar-refractivity contribution in [3.8, 4) is 0 Å². The quantitative estimate of drug-likeness (QED) is 0.678. The minimum Gasteiger partial charge on any atom is -0.305 e. The van der Waals surface area contributed by atoms with E-state index in [1.807, 2.05) is 24.3 Å². The van der Waals surface area contributed by atoms with Crippen molar-refractivity contribution in [2.75, 3.05) is 13.2 Å². The lowest BCUT2D eigenvalue weighted by atomic mass is 10.1.